The first-order valence-corrected chi connectivity index (χ1v) is 10.3. The van der Waals surface area contributed by atoms with E-state index in [2.05, 4.69) is 0 Å². The lowest BCUT2D eigenvalue weighted by atomic mass is 9.98. The number of fused-ring (bicyclic) bond motifs is 3. The highest BCUT2D eigenvalue weighted by atomic mass is 19.2. The molecule has 3 aromatic carbocycles. The van der Waals surface area contributed by atoms with Crippen molar-refractivity contribution in [3.8, 4) is 16.9 Å². The van der Waals surface area contributed by atoms with Crippen molar-refractivity contribution >= 4 is 12.1 Å². The predicted molar refractivity (Wildman–Crippen MR) is 116 cm³/mol. The number of ether oxygens (including phenoxy) is 2. The molecule has 0 aromatic heterocycles. The van der Waals surface area contributed by atoms with E-state index in [1.54, 1.807) is 0 Å². The molecule has 0 atom stereocenters. The van der Waals surface area contributed by atoms with Crippen LogP contribution in [0.3, 0.4) is 0 Å². The number of benzene rings is 3. The van der Waals surface area contributed by atoms with Crippen molar-refractivity contribution in [3.63, 3.8) is 0 Å². The number of carbonyl (C=O) groups is 2. The largest absolute Gasteiger partial charge is 0.489 e. The van der Waals surface area contributed by atoms with E-state index in [0.29, 0.717) is 0 Å². The summed E-state index contributed by atoms with van der Waals surface area (Å²) in [7, 11) is 0. The fourth-order valence-corrected chi connectivity index (χ4v) is 3.94. The van der Waals surface area contributed by atoms with Crippen molar-refractivity contribution < 1.29 is 33.0 Å². The second kappa shape index (κ2) is 9.68. The number of rotatable bonds is 8. The molecule has 1 amide bonds. The molecule has 0 heterocycles. The monoisotopic (exact) mass is 453 g/mol. The molecule has 1 aliphatic rings. The molecule has 0 radical (unpaired) electrons. The molecule has 0 saturated carbocycles. The van der Waals surface area contributed by atoms with Gasteiger partial charge in [0, 0.05) is 5.92 Å². The Morgan fingerprint density at radius 2 is 1.55 bits per heavy atom. The summed E-state index contributed by atoms with van der Waals surface area (Å²) in [5.74, 6) is -3.95. The minimum atomic E-state index is -1.24. The first-order valence-electron chi connectivity index (χ1n) is 10.3. The van der Waals surface area contributed by atoms with Gasteiger partial charge in [-0.2, -0.15) is 4.39 Å². The molecule has 0 saturated heterocycles. The van der Waals surface area contributed by atoms with Gasteiger partial charge in [0.2, 0.25) is 5.82 Å². The maximum absolute atomic E-state index is 13.7. The Bertz CT molecular complexity index is 1140. The standard InChI is InChI=1S/C25H21F2NO5/c26-21-10-5-11-22(24(21)27)32-13-12-28(14-23(29)30)25(31)33-15-20-18-8-3-1-6-16(18)17-7-2-4-9-19(17)20/h1-11,20H,12-15H2,(H,29,30). The molecule has 0 spiro atoms. The van der Waals surface area contributed by atoms with Crippen molar-refractivity contribution in [2.45, 2.75) is 5.92 Å². The highest BCUT2D eigenvalue weighted by Crippen LogP contribution is 2.44. The number of carboxylic acids is 1. The Morgan fingerprint density at radius 1 is 0.909 bits per heavy atom. The molecule has 33 heavy (non-hydrogen) atoms. The third-order valence-corrected chi connectivity index (χ3v) is 5.46. The minimum Gasteiger partial charge on any atom is -0.489 e. The van der Waals surface area contributed by atoms with Crippen LogP contribution in [0.25, 0.3) is 11.1 Å². The van der Waals surface area contributed by atoms with E-state index in [1.807, 2.05) is 48.5 Å². The zero-order chi connectivity index (χ0) is 23.4. The summed E-state index contributed by atoms with van der Waals surface area (Å²) in [4.78, 5) is 24.9. The molecular formula is C25H21F2NO5. The number of aliphatic carboxylic acids is 1. The van der Waals surface area contributed by atoms with E-state index in [-0.39, 0.29) is 31.4 Å². The van der Waals surface area contributed by atoms with Crippen molar-refractivity contribution in [1.82, 2.24) is 4.90 Å². The van der Waals surface area contributed by atoms with Crippen LogP contribution in [0.15, 0.2) is 66.7 Å². The summed E-state index contributed by atoms with van der Waals surface area (Å²) in [5.41, 5.74) is 4.20. The number of carbonyl (C=O) groups excluding carboxylic acids is 1. The van der Waals surface area contributed by atoms with Crippen LogP contribution < -0.4 is 4.74 Å². The number of amides is 1. The summed E-state index contributed by atoms with van der Waals surface area (Å²) in [5, 5.41) is 9.17. The summed E-state index contributed by atoms with van der Waals surface area (Å²) in [6.45, 7) is -1.01. The normalized spacial score (nSPS) is 12.1. The Kier molecular flexibility index (Phi) is 6.53. The van der Waals surface area contributed by atoms with Crippen LogP contribution in [-0.4, -0.2) is 48.4 Å². The summed E-state index contributed by atoms with van der Waals surface area (Å²) < 4.78 is 37.7. The van der Waals surface area contributed by atoms with Gasteiger partial charge in [-0.1, -0.05) is 54.6 Å². The molecule has 1 N–H and O–H groups in total. The quantitative estimate of drug-likeness (QED) is 0.536. The maximum Gasteiger partial charge on any atom is 0.410 e. The average Bonchev–Trinajstić information content (AvgIpc) is 3.13. The van der Waals surface area contributed by atoms with Gasteiger partial charge in [0.15, 0.2) is 11.6 Å². The second-order valence-corrected chi connectivity index (χ2v) is 7.52. The average molecular weight is 453 g/mol. The third kappa shape index (κ3) is 4.79. The lowest BCUT2D eigenvalue weighted by Crippen LogP contribution is -2.39. The zero-order valence-corrected chi connectivity index (χ0v) is 17.5. The topological polar surface area (TPSA) is 76.1 Å². The first-order chi connectivity index (χ1) is 16.0. The molecule has 3 aromatic rings. The van der Waals surface area contributed by atoms with Crippen LogP contribution in [0.1, 0.15) is 17.0 Å². The number of nitrogens with zero attached hydrogens (tertiary/aromatic N) is 1. The van der Waals surface area contributed by atoms with Crippen LogP contribution >= 0.6 is 0 Å². The highest BCUT2D eigenvalue weighted by molar-refractivity contribution is 5.79. The Labute approximate surface area is 189 Å². The maximum atomic E-state index is 13.7. The van der Waals surface area contributed by atoms with Crippen molar-refractivity contribution in [1.29, 1.82) is 0 Å². The molecule has 0 fully saturated rings. The van der Waals surface area contributed by atoms with E-state index in [9.17, 15) is 18.4 Å². The van der Waals surface area contributed by atoms with Crippen LogP contribution in [0.5, 0.6) is 5.75 Å². The van der Waals surface area contributed by atoms with E-state index in [1.165, 1.54) is 12.1 Å². The lowest BCUT2D eigenvalue weighted by Gasteiger charge is -2.22. The SMILES string of the molecule is O=C(O)CN(CCOc1cccc(F)c1F)C(=O)OCC1c2ccccc2-c2ccccc21. The molecule has 6 nitrogen and oxygen atoms in total. The zero-order valence-electron chi connectivity index (χ0n) is 17.5. The Balaban J connectivity index is 1.41. The van der Waals surface area contributed by atoms with Crippen LogP contribution in [0.4, 0.5) is 13.6 Å². The van der Waals surface area contributed by atoms with Gasteiger partial charge >= 0.3 is 12.1 Å². The molecule has 1 aliphatic carbocycles. The Hall–Kier alpha value is -3.94. The third-order valence-electron chi connectivity index (χ3n) is 5.46. The van der Waals surface area contributed by atoms with E-state index in [0.717, 1.165) is 33.2 Å². The van der Waals surface area contributed by atoms with Gasteiger partial charge in [-0.05, 0) is 34.4 Å². The number of hydrogen-bond acceptors (Lipinski definition) is 4. The van der Waals surface area contributed by atoms with Gasteiger partial charge < -0.3 is 14.6 Å². The van der Waals surface area contributed by atoms with E-state index < -0.39 is 30.2 Å². The molecule has 0 bridgehead atoms. The van der Waals surface area contributed by atoms with E-state index in [4.69, 9.17) is 14.6 Å². The molecule has 0 aliphatic heterocycles. The smallest absolute Gasteiger partial charge is 0.410 e. The van der Waals surface area contributed by atoms with Crippen molar-refractivity contribution in [2.75, 3.05) is 26.3 Å². The van der Waals surface area contributed by atoms with Crippen LogP contribution in [0.2, 0.25) is 0 Å². The molecular weight excluding hydrogens is 432 g/mol. The summed E-state index contributed by atoms with van der Waals surface area (Å²) >= 11 is 0. The highest BCUT2D eigenvalue weighted by Gasteiger charge is 2.30. The van der Waals surface area contributed by atoms with Gasteiger partial charge in [-0.25, -0.2) is 9.18 Å². The molecule has 4 rings (SSSR count). The summed E-state index contributed by atoms with van der Waals surface area (Å²) in [6, 6.07) is 19.2. The van der Waals surface area contributed by atoms with Gasteiger partial charge in [0.1, 0.15) is 19.8 Å². The van der Waals surface area contributed by atoms with Gasteiger partial charge in [-0.15, -0.1) is 0 Å². The molecule has 170 valence electrons. The van der Waals surface area contributed by atoms with E-state index >= 15 is 0 Å². The van der Waals surface area contributed by atoms with Gasteiger partial charge in [0.25, 0.3) is 0 Å². The number of halogens is 2. The Morgan fingerprint density at radius 3 is 2.18 bits per heavy atom. The fraction of sp³-hybridized carbons (Fsp3) is 0.200. The predicted octanol–water partition coefficient (Wildman–Crippen LogP) is 4.68. The van der Waals surface area contributed by atoms with Crippen molar-refractivity contribution in [3.05, 3.63) is 89.5 Å². The minimum absolute atomic E-state index is 0.0301. The second-order valence-electron chi connectivity index (χ2n) is 7.52. The van der Waals surface area contributed by atoms with Gasteiger partial charge in [0.05, 0.1) is 6.54 Å². The molecule has 8 heteroatoms. The molecule has 0 unspecified atom stereocenters. The van der Waals surface area contributed by atoms with Crippen molar-refractivity contribution in [2.24, 2.45) is 0 Å². The van der Waals surface area contributed by atoms with Crippen LogP contribution in [-0.2, 0) is 9.53 Å². The van der Waals surface area contributed by atoms with Crippen LogP contribution in [0, 0.1) is 11.6 Å². The first kappa shape index (κ1) is 22.3. The number of carboxylic acid groups (broad SMARTS) is 1. The number of hydrogen-bond donors (Lipinski definition) is 1. The van der Waals surface area contributed by atoms with Gasteiger partial charge in [-0.3, -0.25) is 9.69 Å². The lowest BCUT2D eigenvalue weighted by molar-refractivity contribution is -0.138. The fourth-order valence-electron chi connectivity index (χ4n) is 3.94. The summed E-state index contributed by atoms with van der Waals surface area (Å²) in [6.07, 6.45) is -0.831.